The molecular weight excluding hydrogens is 360 g/mol. The summed E-state index contributed by atoms with van der Waals surface area (Å²) in [5.41, 5.74) is 0.192. The Bertz CT molecular complexity index is 805. The number of likely N-dealkylation sites (tertiary alicyclic amines) is 2. The van der Waals surface area contributed by atoms with Gasteiger partial charge < -0.3 is 14.1 Å². The second-order valence-corrected chi connectivity index (χ2v) is 8.49. The van der Waals surface area contributed by atoms with Gasteiger partial charge in [-0.3, -0.25) is 14.5 Å². The minimum atomic E-state index is -0.450. The summed E-state index contributed by atoms with van der Waals surface area (Å²) in [5, 5.41) is 0. The molecule has 4 rings (SSSR count). The van der Waals surface area contributed by atoms with Gasteiger partial charge >= 0.3 is 11.6 Å². The standard InChI is InChI=1S/C21H28N2O5/c1-14-11-17(24)27-15(2)18(14)19(25)23-9-5-21(6-10-23)12-16(28-20(21)26)13-22-7-3-4-8-22/h11,16H,3-10,12-13H2,1-2H3. The molecule has 0 N–H and O–H groups in total. The third-order valence-electron chi connectivity index (χ3n) is 6.54. The molecule has 3 fully saturated rings. The molecule has 0 saturated carbocycles. The van der Waals surface area contributed by atoms with Gasteiger partial charge in [0.1, 0.15) is 11.9 Å². The maximum absolute atomic E-state index is 13.0. The molecule has 0 radical (unpaired) electrons. The first-order valence-corrected chi connectivity index (χ1v) is 10.2. The summed E-state index contributed by atoms with van der Waals surface area (Å²) in [6, 6.07) is 1.35. The van der Waals surface area contributed by atoms with Crippen LogP contribution in [0.3, 0.4) is 0 Å². The highest BCUT2D eigenvalue weighted by molar-refractivity contribution is 5.96. The molecule has 4 heterocycles. The molecule has 7 nitrogen and oxygen atoms in total. The molecule has 152 valence electrons. The summed E-state index contributed by atoms with van der Waals surface area (Å²) in [6.07, 6.45) is 4.43. The Morgan fingerprint density at radius 3 is 2.46 bits per heavy atom. The molecule has 7 heteroatoms. The number of piperidine rings is 1. The molecule has 0 aliphatic carbocycles. The van der Waals surface area contributed by atoms with E-state index < -0.39 is 11.0 Å². The number of aryl methyl sites for hydroxylation is 2. The van der Waals surface area contributed by atoms with Crippen LogP contribution in [0.2, 0.25) is 0 Å². The van der Waals surface area contributed by atoms with Gasteiger partial charge in [0.05, 0.1) is 11.0 Å². The highest BCUT2D eigenvalue weighted by atomic mass is 16.6. The van der Waals surface area contributed by atoms with Crippen molar-refractivity contribution in [2.45, 2.75) is 52.1 Å². The monoisotopic (exact) mass is 388 g/mol. The quantitative estimate of drug-likeness (QED) is 0.736. The SMILES string of the molecule is Cc1cc(=O)oc(C)c1C(=O)N1CCC2(CC1)CC(CN1CCCC1)OC2=O. The Labute approximate surface area is 164 Å². The summed E-state index contributed by atoms with van der Waals surface area (Å²) in [7, 11) is 0. The number of carbonyl (C=O) groups is 2. The molecule has 1 amide bonds. The number of cyclic esters (lactones) is 1. The minimum Gasteiger partial charge on any atom is -0.461 e. The number of rotatable bonds is 3. The van der Waals surface area contributed by atoms with E-state index in [0.29, 0.717) is 42.8 Å². The molecule has 1 aromatic rings. The Morgan fingerprint density at radius 2 is 1.82 bits per heavy atom. The molecule has 28 heavy (non-hydrogen) atoms. The van der Waals surface area contributed by atoms with Crippen LogP contribution in [-0.2, 0) is 9.53 Å². The fraction of sp³-hybridized carbons (Fsp3) is 0.667. The maximum Gasteiger partial charge on any atom is 0.336 e. The largest absolute Gasteiger partial charge is 0.461 e. The van der Waals surface area contributed by atoms with Gasteiger partial charge in [0.2, 0.25) is 0 Å². The Kier molecular flexibility index (Phi) is 5.04. The fourth-order valence-electron chi connectivity index (χ4n) is 4.97. The number of nitrogens with zero attached hydrogens (tertiary/aromatic N) is 2. The lowest BCUT2D eigenvalue weighted by atomic mass is 9.76. The fourth-order valence-corrected chi connectivity index (χ4v) is 4.97. The molecule has 1 aromatic heterocycles. The Hall–Kier alpha value is -2.15. The number of hydrogen-bond donors (Lipinski definition) is 0. The molecule has 3 saturated heterocycles. The Balaban J connectivity index is 1.41. The van der Waals surface area contributed by atoms with Crippen LogP contribution in [0.5, 0.6) is 0 Å². The van der Waals surface area contributed by atoms with E-state index in [1.807, 2.05) is 0 Å². The lowest BCUT2D eigenvalue weighted by molar-refractivity contribution is -0.151. The molecule has 0 aromatic carbocycles. The van der Waals surface area contributed by atoms with Gasteiger partial charge in [0.15, 0.2) is 0 Å². The van der Waals surface area contributed by atoms with E-state index in [1.165, 1.54) is 18.9 Å². The number of carbonyl (C=O) groups excluding carboxylic acids is 2. The van der Waals surface area contributed by atoms with Crippen LogP contribution >= 0.6 is 0 Å². The van der Waals surface area contributed by atoms with Crippen molar-refractivity contribution in [1.82, 2.24) is 9.80 Å². The van der Waals surface area contributed by atoms with Crippen LogP contribution in [0.4, 0.5) is 0 Å². The van der Waals surface area contributed by atoms with E-state index in [-0.39, 0.29) is 18.0 Å². The van der Waals surface area contributed by atoms with Crippen LogP contribution in [0, 0.1) is 19.3 Å². The van der Waals surface area contributed by atoms with Crippen molar-refractivity contribution in [3.05, 3.63) is 33.4 Å². The first-order chi connectivity index (χ1) is 13.4. The average Bonchev–Trinajstić information content (AvgIpc) is 3.23. The summed E-state index contributed by atoms with van der Waals surface area (Å²) in [6.45, 7) is 7.44. The molecule has 3 aliphatic rings. The van der Waals surface area contributed by atoms with Crippen LogP contribution in [0.25, 0.3) is 0 Å². The van der Waals surface area contributed by atoms with Gasteiger partial charge in [-0.05, 0) is 58.2 Å². The molecule has 1 spiro atoms. The second-order valence-electron chi connectivity index (χ2n) is 8.49. The van der Waals surface area contributed by atoms with Crippen LogP contribution in [0.15, 0.2) is 15.3 Å². The van der Waals surface area contributed by atoms with Crippen molar-refractivity contribution >= 4 is 11.9 Å². The van der Waals surface area contributed by atoms with Crippen molar-refractivity contribution in [3.63, 3.8) is 0 Å². The van der Waals surface area contributed by atoms with Crippen LogP contribution in [0.1, 0.15) is 53.8 Å². The summed E-state index contributed by atoms with van der Waals surface area (Å²) < 4.78 is 10.8. The van der Waals surface area contributed by atoms with Gasteiger partial charge in [-0.2, -0.15) is 0 Å². The number of esters is 1. The predicted octanol–water partition coefficient (Wildman–Crippen LogP) is 1.89. The Morgan fingerprint density at radius 1 is 1.14 bits per heavy atom. The predicted molar refractivity (Wildman–Crippen MR) is 102 cm³/mol. The molecule has 3 aliphatic heterocycles. The molecule has 1 atom stereocenters. The van der Waals surface area contributed by atoms with Gasteiger partial charge in [-0.15, -0.1) is 0 Å². The van der Waals surface area contributed by atoms with E-state index >= 15 is 0 Å². The first kappa shape index (κ1) is 19.2. The summed E-state index contributed by atoms with van der Waals surface area (Å²) in [5.74, 6) is 0.122. The van der Waals surface area contributed by atoms with Crippen molar-refractivity contribution in [2.24, 2.45) is 5.41 Å². The topological polar surface area (TPSA) is 80.1 Å². The van der Waals surface area contributed by atoms with Crippen molar-refractivity contribution < 1.29 is 18.7 Å². The number of amides is 1. The number of ether oxygens (including phenoxy) is 1. The van der Waals surface area contributed by atoms with Crippen molar-refractivity contribution in [3.8, 4) is 0 Å². The lowest BCUT2D eigenvalue weighted by Crippen LogP contribution is -2.45. The third kappa shape index (κ3) is 3.48. The molecular formula is C21H28N2O5. The third-order valence-corrected chi connectivity index (χ3v) is 6.54. The molecule has 1 unspecified atom stereocenters. The van der Waals surface area contributed by atoms with E-state index in [9.17, 15) is 14.4 Å². The van der Waals surface area contributed by atoms with Crippen molar-refractivity contribution in [2.75, 3.05) is 32.7 Å². The smallest absolute Gasteiger partial charge is 0.336 e. The highest BCUT2D eigenvalue weighted by Gasteiger charge is 2.51. The van der Waals surface area contributed by atoms with Gasteiger partial charge in [-0.25, -0.2) is 4.79 Å². The van der Waals surface area contributed by atoms with Gasteiger partial charge in [0, 0.05) is 32.1 Å². The van der Waals surface area contributed by atoms with Gasteiger partial charge in [0.25, 0.3) is 5.91 Å². The molecule has 0 bridgehead atoms. The van der Waals surface area contributed by atoms with E-state index in [1.54, 1.807) is 18.7 Å². The first-order valence-electron chi connectivity index (χ1n) is 10.2. The van der Waals surface area contributed by atoms with Crippen LogP contribution < -0.4 is 5.63 Å². The van der Waals surface area contributed by atoms with E-state index in [4.69, 9.17) is 9.15 Å². The van der Waals surface area contributed by atoms with E-state index in [0.717, 1.165) is 26.1 Å². The number of hydrogen-bond acceptors (Lipinski definition) is 6. The normalized spacial score (nSPS) is 24.7. The van der Waals surface area contributed by atoms with Gasteiger partial charge in [-0.1, -0.05) is 0 Å². The lowest BCUT2D eigenvalue weighted by Gasteiger charge is -2.36. The summed E-state index contributed by atoms with van der Waals surface area (Å²) >= 11 is 0. The average molecular weight is 388 g/mol. The van der Waals surface area contributed by atoms with E-state index in [2.05, 4.69) is 4.90 Å². The zero-order valence-corrected chi connectivity index (χ0v) is 16.7. The summed E-state index contributed by atoms with van der Waals surface area (Å²) in [4.78, 5) is 41.2. The second kappa shape index (κ2) is 7.35. The maximum atomic E-state index is 13.0. The zero-order valence-electron chi connectivity index (χ0n) is 16.7. The highest BCUT2D eigenvalue weighted by Crippen LogP contribution is 2.43. The zero-order chi connectivity index (χ0) is 19.9. The van der Waals surface area contributed by atoms with Crippen LogP contribution in [-0.4, -0.2) is 60.5 Å². The minimum absolute atomic E-state index is 0.0271. The van der Waals surface area contributed by atoms with Crippen molar-refractivity contribution in [1.29, 1.82) is 0 Å².